The van der Waals surface area contributed by atoms with Gasteiger partial charge in [0.05, 0.1) is 0 Å². The van der Waals surface area contributed by atoms with Crippen LogP contribution in [-0.2, 0) is 32.0 Å². The number of fused-ring (bicyclic) bond motifs is 1. The van der Waals surface area contributed by atoms with Crippen LogP contribution < -0.4 is 5.32 Å². The van der Waals surface area contributed by atoms with Gasteiger partial charge in [0.2, 0.25) is 6.29 Å². The van der Waals surface area contributed by atoms with E-state index in [1.54, 1.807) is 21.3 Å². The van der Waals surface area contributed by atoms with Crippen molar-refractivity contribution in [1.29, 1.82) is 0 Å². The third kappa shape index (κ3) is 3.24. The highest BCUT2D eigenvalue weighted by atomic mass is 16.7. The third-order valence-corrected chi connectivity index (χ3v) is 4.67. The van der Waals surface area contributed by atoms with Crippen LogP contribution in [0.5, 0.6) is 0 Å². The standard InChI is InChI=1S/C17H25N3O4/c1-22-13-6-8-20(16(13)21)10-12-9-11-5-4-7-18-15(11)19-14(12)17(23-2)24-3/h9,13,17H,4-8,10H2,1-3H3,(H,18,19). The molecular weight excluding hydrogens is 310 g/mol. The highest BCUT2D eigenvalue weighted by Gasteiger charge is 2.33. The predicted molar refractivity (Wildman–Crippen MR) is 88.6 cm³/mol. The molecule has 1 atom stereocenters. The first-order valence-corrected chi connectivity index (χ1v) is 8.31. The minimum absolute atomic E-state index is 0.0330. The van der Waals surface area contributed by atoms with Gasteiger partial charge >= 0.3 is 0 Å². The number of rotatable bonds is 6. The Morgan fingerprint density at radius 1 is 1.38 bits per heavy atom. The van der Waals surface area contributed by atoms with Gasteiger partial charge in [-0.1, -0.05) is 0 Å². The molecule has 3 heterocycles. The number of amides is 1. The Hall–Kier alpha value is -1.70. The van der Waals surface area contributed by atoms with Crippen LogP contribution in [0.25, 0.3) is 0 Å². The van der Waals surface area contributed by atoms with Gasteiger partial charge in [0.25, 0.3) is 5.91 Å². The summed E-state index contributed by atoms with van der Waals surface area (Å²) in [7, 11) is 4.76. The van der Waals surface area contributed by atoms with Gasteiger partial charge in [0, 0.05) is 47.4 Å². The number of anilines is 1. The number of nitrogens with zero attached hydrogens (tertiary/aromatic N) is 2. The van der Waals surface area contributed by atoms with Crippen LogP contribution in [-0.4, -0.2) is 56.3 Å². The molecule has 1 saturated heterocycles. The summed E-state index contributed by atoms with van der Waals surface area (Å²) in [6, 6.07) is 2.13. The molecule has 3 rings (SSSR count). The molecular formula is C17H25N3O4. The topological polar surface area (TPSA) is 72.9 Å². The maximum atomic E-state index is 12.4. The summed E-state index contributed by atoms with van der Waals surface area (Å²) in [6.07, 6.45) is 1.91. The van der Waals surface area contributed by atoms with Crippen molar-refractivity contribution in [2.45, 2.75) is 38.2 Å². The van der Waals surface area contributed by atoms with Crippen LogP contribution >= 0.6 is 0 Å². The van der Waals surface area contributed by atoms with E-state index >= 15 is 0 Å². The Labute approximate surface area is 142 Å². The summed E-state index contributed by atoms with van der Waals surface area (Å²) >= 11 is 0. The van der Waals surface area contributed by atoms with E-state index in [2.05, 4.69) is 11.4 Å². The molecule has 0 radical (unpaired) electrons. The Morgan fingerprint density at radius 2 is 2.17 bits per heavy atom. The van der Waals surface area contributed by atoms with Crippen molar-refractivity contribution in [2.75, 3.05) is 39.7 Å². The van der Waals surface area contributed by atoms with Gasteiger partial charge in [-0.05, 0) is 30.0 Å². The molecule has 0 bridgehead atoms. The summed E-state index contributed by atoms with van der Waals surface area (Å²) in [4.78, 5) is 18.9. The number of carbonyl (C=O) groups is 1. The quantitative estimate of drug-likeness (QED) is 0.794. The van der Waals surface area contributed by atoms with Crippen molar-refractivity contribution in [2.24, 2.45) is 0 Å². The van der Waals surface area contributed by atoms with E-state index in [4.69, 9.17) is 19.2 Å². The number of likely N-dealkylation sites (tertiary alicyclic amines) is 1. The lowest BCUT2D eigenvalue weighted by Crippen LogP contribution is -2.31. The van der Waals surface area contributed by atoms with E-state index in [1.807, 2.05) is 4.90 Å². The molecule has 1 amide bonds. The van der Waals surface area contributed by atoms with E-state index in [9.17, 15) is 4.79 Å². The zero-order valence-electron chi connectivity index (χ0n) is 14.5. The molecule has 0 aromatic carbocycles. The first-order valence-electron chi connectivity index (χ1n) is 8.31. The Balaban J connectivity index is 1.91. The summed E-state index contributed by atoms with van der Waals surface area (Å²) in [6.45, 7) is 2.11. The SMILES string of the molecule is COC1CCN(Cc2cc3c(nc2C(OC)OC)NCCC3)C1=O. The van der Waals surface area contributed by atoms with Crippen LogP contribution in [0, 0.1) is 0 Å². The summed E-state index contributed by atoms with van der Waals surface area (Å²) in [5, 5.41) is 3.33. The van der Waals surface area contributed by atoms with E-state index in [0.717, 1.165) is 42.9 Å². The van der Waals surface area contributed by atoms with Crippen molar-refractivity contribution in [3.05, 3.63) is 22.9 Å². The predicted octanol–water partition coefficient (Wildman–Crippen LogP) is 1.48. The van der Waals surface area contributed by atoms with Gasteiger partial charge in [-0.25, -0.2) is 4.98 Å². The van der Waals surface area contributed by atoms with Crippen molar-refractivity contribution < 1.29 is 19.0 Å². The molecule has 2 aliphatic heterocycles. The number of pyridine rings is 1. The fourth-order valence-electron chi connectivity index (χ4n) is 3.39. The molecule has 0 saturated carbocycles. The van der Waals surface area contributed by atoms with Crippen molar-refractivity contribution in [3.8, 4) is 0 Å². The average Bonchev–Trinajstić information content (AvgIpc) is 2.96. The Morgan fingerprint density at radius 3 is 2.83 bits per heavy atom. The maximum Gasteiger partial charge on any atom is 0.252 e. The lowest BCUT2D eigenvalue weighted by atomic mass is 10.0. The molecule has 7 nitrogen and oxygen atoms in total. The summed E-state index contributed by atoms with van der Waals surface area (Å²) < 4.78 is 16.1. The second-order valence-electron chi connectivity index (χ2n) is 6.15. The smallest absolute Gasteiger partial charge is 0.252 e. The van der Waals surface area contributed by atoms with Gasteiger partial charge < -0.3 is 24.4 Å². The number of methoxy groups -OCH3 is 3. The molecule has 0 aliphatic carbocycles. The van der Waals surface area contributed by atoms with E-state index in [-0.39, 0.29) is 12.0 Å². The normalized spacial score (nSPS) is 20.4. The van der Waals surface area contributed by atoms with Crippen molar-refractivity contribution in [3.63, 3.8) is 0 Å². The number of nitrogens with one attached hydrogen (secondary N) is 1. The first-order chi connectivity index (χ1) is 11.7. The van der Waals surface area contributed by atoms with Crippen LogP contribution in [0.15, 0.2) is 6.07 Å². The molecule has 1 aromatic heterocycles. The highest BCUT2D eigenvalue weighted by molar-refractivity contribution is 5.83. The van der Waals surface area contributed by atoms with Gasteiger partial charge in [0.1, 0.15) is 17.6 Å². The molecule has 7 heteroatoms. The van der Waals surface area contributed by atoms with Crippen LogP contribution in [0.2, 0.25) is 0 Å². The molecule has 132 valence electrons. The number of hydrogen-bond donors (Lipinski definition) is 1. The van der Waals surface area contributed by atoms with Crippen molar-refractivity contribution >= 4 is 11.7 Å². The monoisotopic (exact) mass is 335 g/mol. The Kier molecular flexibility index (Phi) is 5.33. The summed E-state index contributed by atoms with van der Waals surface area (Å²) in [5.41, 5.74) is 2.87. The highest BCUT2D eigenvalue weighted by Crippen LogP contribution is 2.29. The number of hydrogen-bond acceptors (Lipinski definition) is 6. The number of aryl methyl sites for hydroxylation is 1. The molecule has 24 heavy (non-hydrogen) atoms. The number of carbonyl (C=O) groups excluding carboxylic acids is 1. The maximum absolute atomic E-state index is 12.4. The van der Waals surface area contributed by atoms with Crippen LogP contribution in [0.3, 0.4) is 0 Å². The summed E-state index contributed by atoms with van der Waals surface area (Å²) in [5.74, 6) is 0.923. The van der Waals surface area contributed by atoms with Crippen LogP contribution in [0.4, 0.5) is 5.82 Å². The largest absolute Gasteiger partial charge is 0.372 e. The molecule has 2 aliphatic rings. The van der Waals surface area contributed by atoms with Gasteiger partial charge in [0.15, 0.2) is 0 Å². The number of ether oxygens (including phenoxy) is 3. The van der Waals surface area contributed by atoms with Gasteiger partial charge in [-0.3, -0.25) is 4.79 Å². The fourth-order valence-corrected chi connectivity index (χ4v) is 3.39. The fraction of sp³-hybridized carbons (Fsp3) is 0.647. The second-order valence-corrected chi connectivity index (χ2v) is 6.15. The van der Waals surface area contributed by atoms with Gasteiger partial charge in [-0.2, -0.15) is 0 Å². The third-order valence-electron chi connectivity index (χ3n) is 4.67. The Bertz CT molecular complexity index is 604. The minimum Gasteiger partial charge on any atom is -0.372 e. The van der Waals surface area contributed by atoms with E-state index < -0.39 is 6.29 Å². The van der Waals surface area contributed by atoms with E-state index in [0.29, 0.717) is 13.1 Å². The molecule has 0 spiro atoms. The molecule has 1 unspecified atom stereocenters. The molecule has 1 aromatic rings. The lowest BCUT2D eigenvalue weighted by Gasteiger charge is -2.25. The minimum atomic E-state index is -0.551. The molecule has 1 N–H and O–H groups in total. The lowest BCUT2D eigenvalue weighted by molar-refractivity contribution is -0.136. The average molecular weight is 335 g/mol. The van der Waals surface area contributed by atoms with E-state index in [1.165, 1.54) is 5.56 Å². The van der Waals surface area contributed by atoms with Gasteiger partial charge in [-0.15, -0.1) is 0 Å². The first kappa shape index (κ1) is 17.1. The van der Waals surface area contributed by atoms with Crippen LogP contribution in [0.1, 0.15) is 36.0 Å². The zero-order chi connectivity index (χ0) is 17.1. The second kappa shape index (κ2) is 7.46. The number of aromatic nitrogens is 1. The van der Waals surface area contributed by atoms with Crippen molar-refractivity contribution in [1.82, 2.24) is 9.88 Å². The zero-order valence-corrected chi connectivity index (χ0v) is 14.5. The molecule has 1 fully saturated rings.